The fraction of sp³-hybridized carbons (Fsp3) is 0.188. The first-order valence-corrected chi connectivity index (χ1v) is 7.31. The Hall–Kier alpha value is -2.61. The van der Waals surface area contributed by atoms with Crippen molar-refractivity contribution in [2.24, 2.45) is 0 Å². The van der Waals surface area contributed by atoms with Crippen LogP contribution in [-0.2, 0) is 15.7 Å². The lowest BCUT2D eigenvalue weighted by molar-refractivity contribution is -0.137. The maximum Gasteiger partial charge on any atom is 0.418 e. The maximum absolute atomic E-state index is 12.9. The zero-order chi connectivity index (χ0) is 18.6. The van der Waals surface area contributed by atoms with Crippen molar-refractivity contribution in [2.75, 3.05) is 11.9 Å². The summed E-state index contributed by atoms with van der Waals surface area (Å²) in [5.74, 6) is -1.77. The van der Waals surface area contributed by atoms with Crippen LogP contribution in [0.15, 0.2) is 36.5 Å². The third-order valence-electron chi connectivity index (χ3n) is 3.06. The van der Waals surface area contributed by atoms with Gasteiger partial charge in [-0.3, -0.25) is 9.78 Å². The summed E-state index contributed by atoms with van der Waals surface area (Å²) >= 11 is 5.72. The molecular formula is C16H12ClF3N2O3. The lowest BCUT2D eigenvalue weighted by atomic mass is 10.1. The number of para-hydroxylation sites is 1. The summed E-state index contributed by atoms with van der Waals surface area (Å²) in [5, 5.41) is 1.74. The Bertz CT molecular complexity index is 792. The summed E-state index contributed by atoms with van der Waals surface area (Å²) in [4.78, 5) is 27.5. The number of rotatable bonds is 4. The summed E-state index contributed by atoms with van der Waals surface area (Å²) in [6.07, 6.45) is -3.43. The van der Waals surface area contributed by atoms with Gasteiger partial charge in [0.05, 0.1) is 21.8 Å². The van der Waals surface area contributed by atoms with Crippen LogP contribution in [0, 0.1) is 6.92 Å². The van der Waals surface area contributed by atoms with E-state index in [2.05, 4.69) is 4.98 Å². The van der Waals surface area contributed by atoms with E-state index in [0.717, 1.165) is 12.1 Å². The molecule has 0 aliphatic carbocycles. The molecule has 132 valence electrons. The number of pyridine rings is 1. The molecule has 1 aromatic carbocycles. The minimum Gasteiger partial charge on any atom is -0.452 e. The average molecular weight is 373 g/mol. The van der Waals surface area contributed by atoms with E-state index in [1.807, 2.05) is 5.32 Å². The van der Waals surface area contributed by atoms with Gasteiger partial charge < -0.3 is 10.1 Å². The number of alkyl halides is 3. The molecule has 0 fully saturated rings. The van der Waals surface area contributed by atoms with Gasteiger partial charge in [0.2, 0.25) is 0 Å². The Kier molecular flexibility index (Phi) is 5.63. The van der Waals surface area contributed by atoms with Crippen molar-refractivity contribution in [3.63, 3.8) is 0 Å². The monoisotopic (exact) mass is 372 g/mol. The SMILES string of the molecule is Cc1ccc(C(=O)OCC(=O)Nc2c(Cl)cccc2C(F)(F)F)cn1. The normalized spacial score (nSPS) is 11.1. The van der Waals surface area contributed by atoms with Crippen molar-refractivity contribution < 1.29 is 27.5 Å². The van der Waals surface area contributed by atoms with E-state index in [0.29, 0.717) is 5.69 Å². The molecule has 2 aromatic rings. The molecule has 0 spiro atoms. The third-order valence-corrected chi connectivity index (χ3v) is 3.38. The number of hydrogen-bond acceptors (Lipinski definition) is 4. The highest BCUT2D eigenvalue weighted by atomic mass is 35.5. The predicted molar refractivity (Wildman–Crippen MR) is 84.3 cm³/mol. The van der Waals surface area contributed by atoms with Crippen LogP contribution in [0.3, 0.4) is 0 Å². The lowest BCUT2D eigenvalue weighted by Crippen LogP contribution is -2.23. The number of nitrogens with one attached hydrogen (secondary N) is 1. The van der Waals surface area contributed by atoms with Gasteiger partial charge in [0.1, 0.15) is 0 Å². The second-order valence-electron chi connectivity index (χ2n) is 4.97. The number of benzene rings is 1. The smallest absolute Gasteiger partial charge is 0.418 e. The van der Waals surface area contributed by atoms with Crippen LogP contribution in [0.2, 0.25) is 5.02 Å². The fourth-order valence-corrected chi connectivity index (χ4v) is 2.09. The molecule has 1 heterocycles. The third kappa shape index (κ3) is 4.93. The van der Waals surface area contributed by atoms with Gasteiger partial charge >= 0.3 is 12.1 Å². The highest BCUT2D eigenvalue weighted by Crippen LogP contribution is 2.38. The van der Waals surface area contributed by atoms with Crippen LogP contribution in [-0.4, -0.2) is 23.5 Å². The number of anilines is 1. The van der Waals surface area contributed by atoms with Gasteiger partial charge in [-0.2, -0.15) is 13.2 Å². The molecule has 0 bridgehead atoms. The Labute approximate surface area is 145 Å². The van der Waals surface area contributed by atoms with Crippen molar-refractivity contribution in [3.8, 4) is 0 Å². The average Bonchev–Trinajstić information content (AvgIpc) is 2.54. The van der Waals surface area contributed by atoms with E-state index in [1.165, 1.54) is 18.3 Å². The highest BCUT2D eigenvalue weighted by Gasteiger charge is 2.34. The summed E-state index contributed by atoms with van der Waals surface area (Å²) in [5.41, 5.74) is -0.878. The molecular weight excluding hydrogens is 361 g/mol. The number of halogens is 4. The molecule has 1 N–H and O–H groups in total. The van der Waals surface area contributed by atoms with Gasteiger partial charge in [0.15, 0.2) is 6.61 Å². The molecule has 2 rings (SSSR count). The topological polar surface area (TPSA) is 68.3 Å². The molecule has 1 amide bonds. The van der Waals surface area contributed by atoms with E-state index < -0.39 is 35.9 Å². The van der Waals surface area contributed by atoms with Crippen LogP contribution >= 0.6 is 11.6 Å². The predicted octanol–water partition coefficient (Wildman–Crippen LogP) is 3.86. The van der Waals surface area contributed by atoms with Gasteiger partial charge in [0, 0.05) is 11.9 Å². The number of ether oxygens (including phenoxy) is 1. The van der Waals surface area contributed by atoms with Crippen LogP contribution in [0.5, 0.6) is 0 Å². The van der Waals surface area contributed by atoms with Crippen molar-refractivity contribution in [3.05, 3.63) is 58.4 Å². The molecule has 25 heavy (non-hydrogen) atoms. The Balaban J connectivity index is 2.04. The van der Waals surface area contributed by atoms with E-state index in [9.17, 15) is 22.8 Å². The quantitative estimate of drug-likeness (QED) is 0.827. The maximum atomic E-state index is 12.9. The molecule has 1 aromatic heterocycles. The molecule has 5 nitrogen and oxygen atoms in total. The molecule has 0 radical (unpaired) electrons. The number of nitrogens with zero attached hydrogens (tertiary/aromatic N) is 1. The number of amides is 1. The standard InChI is InChI=1S/C16H12ClF3N2O3/c1-9-5-6-10(7-21-9)15(24)25-8-13(23)22-14-11(16(18,19)20)3-2-4-12(14)17/h2-7H,8H2,1H3,(H,22,23). The zero-order valence-electron chi connectivity index (χ0n) is 12.9. The summed E-state index contributed by atoms with van der Waals surface area (Å²) in [6.45, 7) is 0.958. The Morgan fingerprint density at radius 3 is 2.56 bits per heavy atom. The first kappa shape index (κ1) is 18.7. The van der Waals surface area contributed by atoms with Crippen LogP contribution < -0.4 is 5.32 Å². The van der Waals surface area contributed by atoms with Crippen LogP contribution in [0.4, 0.5) is 18.9 Å². The number of aromatic nitrogens is 1. The minimum atomic E-state index is -4.70. The van der Waals surface area contributed by atoms with Crippen molar-refractivity contribution in [1.29, 1.82) is 0 Å². The largest absolute Gasteiger partial charge is 0.452 e. The van der Waals surface area contributed by atoms with E-state index in [4.69, 9.17) is 16.3 Å². The fourth-order valence-electron chi connectivity index (χ4n) is 1.87. The Morgan fingerprint density at radius 1 is 1.24 bits per heavy atom. The Morgan fingerprint density at radius 2 is 1.96 bits per heavy atom. The van der Waals surface area contributed by atoms with Gasteiger partial charge in [-0.1, -0.05) is 17.7 Å². The first-order chi connectivity index (χ1) is 11.7. The van der Waals surface area contributed by atoms with Crippen molar-refractivity contribution >= 4 is 29.2 Å². The zero-order valence-corrected chi connectivity index (χ0v) is 13.6. The molecule has 0 atom stereocenters. The number of aryl methyl sites for hydroxylation is 1. The lowest BCUT2D eigenvalue weighted by Gasteiger charge is -2.15. The van der Waals surface area contributed by atoms with Gasteiger partial charge in [0.25, 0.3) is 5.91 Å². The van der Waals surface area contributed by atoms with E-state index in [1.54, 1.807) is 13.0 Å². The van der Waals surface area contributed by atoms with Gasteiger partial charge in [-0.15, -0.1) is 0 Å². The van der Waals surface area contributed by atoms with Gasteiger partial charge in [-0.05, 0) is 31.2 Å². The number of carbonyl (C=O) groups is 2. The van der Waals surface area contributed by atoms with Crippen molar-refractivity contribution in [1.82, 2.24) is 4.98 Å². The number of carbonyl (C=O) groups excluding carboxylic acids is 2. The first-order valence-electron chi connectivity index (χ1n) is 6.94. The second-order valence-corrected chi connectivity index (χ2v) is 5.38. The molecule has 0 aliphatic heterocycles. The summed E-state index contributed by atoms with van der Waals surface area (Å²) < 4.78 is 43.6. The number of esters is 1. The van der Waals surface area contributed by atoms with E-state index >= 15 is 0 Å². The highest BCUT2D eigenvalue weighted by molar-refractivity contribution is 6.34. The molecule has 0 aliphatic rings. The number of hydrogen-bond donors (Lipinski definition) is 1. The minimum absolute atomic E-state index is 0.118. The van der Waals surface area contributed by atoms with Crippen LogP contribution in [0.25, 0.3) is 0 Å². The van der Waals surface area contributed by atoms with Crippen LogP contribution in [0.1, 0.15) is 21.6 Å². The molecule has 9 heteroatoms. The molecule has 0 unspecified atom stereocenters. The second kappa shape index (κ2) is 7.52. The summed E-state index contributed by atoms with van der Waals surface area (Å²) in [7, 11) is 0. The van der Waals surface area contributed by atoms with Gasteiger partial charge in [-0.25, -0.2) is 4.79 Å². The summed E-state index contributed by atoms with van der Waals surface area (Å²) in [6, 6.07) is 6.14. The van der Waals surface area contributed by atoms with Crippen molar-refractivity contribution in [2.45, 2.75) is 13.1 Å². The molecule has 0 saturated heterocycles. The van der Waals surface area contributed by atoms with E-state index in [-0.39, 0.29) is 10.6 Å². The molecule has 0 saturated carbocycles.